The van der Waals surface area contributed by atoms with Crippen molar-refractivity contribution < 1.29 is 53.4 Å². The summed E-state index contributed by atoms with van der Waals surface area (Å²) in [6, 6.07) is -8.80. The first kappa shape index (κ1) is 52.1. The Balaban J connectivity index is 5.81. The molecule has 0 saturated heterocycles. The molecule has 0 aromatic rings. The Morgan fingerprint density at radius 1 is 0.614 bits per heavy atom. The minimum Gasteiger partial charge on any atom is -0.480 e. The van der Waals surface area contributed by atoms with E-state index in [2.05, 4.69) is 37.2 Å². The summed E-state index contributed by atoms with van der Waals surface area (Å²) in [7, 11) is 0. The molecule has 21 heteroatoms. The van der Waals surface area contributed by atoms with Crippen LogP contribution in [0.4, 0.5) is 0 Å². The maximum absolute atomic E-state index is 13.6. The van der Waals surface area contributed by atoms with Gasteiger partial charge in [0.05, 0.1) is 18.7 Å². The molecule has 0 fully saturated rings. The first-order valence-corrected chi connectivity index (χ1v) is 19.2. The highest BCUT2D eigenvalue weighted by atomic mass is 16.4. The number of carboxylic acid groups (broad SMARTS) is 1. The lowest BCUT2D eigenvalue weighted by atomic mass is 9.97. The van der Waals surface area contributed by atoms with Gasteiger partial charge in [-0.05, 0) is 57.4 Å². The molecule has 0 rings (SSSR count). The number of primary amides is 1. The molecule has 15 N–H and O–H groups in total. The number of aliphatic hydroxyl groups is 1. The van der Waals surface area contributed by atoms with E-state index in [0.717, 1.165) is 0 Å². The molecule has 0 heterocycles. The Hall–Kier alpha value is -4.89. The third-order valence-corrected chi connectivity index (χ3v) is 9.15. The Bertz CT molecular complexity index is 1390. The quantitative estimate of drug-likeness (QED) is 0.0360. The van der Waals surface area contributed by atoms with Crippen LogP contribution in [0.2, 0.25) is 0 Å². The van der Waals surface area contributed by atoms with Crippen molar-refractivity contribution in [3.63, 3.8) is 0 Å². The molecule has 0 saturated carbocycles. The average molecular weight is 815 g/mol. The summed E-state index contributed by atoms with van der Waals surface area (Å²) in [4.78, 5) is 115. The van der Waals surface area contributed by atoms with E-state index in [-0.39, 0.29) is 12.8 Å². The van der Waals surface area contributed by atoms with E-state index in [1.54, 1.807) is 41.5 Å². The average Bonchev–Trinajstić information content (AvgIpc) is 3.12. The van der Waals surface area contributed by atoms with Crippen LogP contribution in [-0.4, -0.2) is 125 Å². The minimum absolute atomic E-state index is 0.276. The van der Waals surface area contributed by atoms with Gasteiger partial charge in [0.1, 0.15) is 36.3 Å². The molecular formula is C36H66N10O11. The van der Waals surface area contributed by atoms with Crippen LogP contribution < -0.4 is 54.4 Å². The van der Waals surface area contributed by atoms with Gasteiger partial charge in [0.2, 0.25) is 47.3 Å². The summed E-state index contributed by atoms with van der Waals surface area (Å²) in [5.41, 5.74) is 16.6. The lowest BCUT2D eigenvalue weighted by Gasteiger charge is -2.30. The predicted octanol–water partition coefficient (Wildman–Crippen LogP) is -3.42. The fourth-order valence-corrected chi connectivity index (χ4v) is 5.29. The van der Waals surface area contributed by atoms with Gasteiger partial charge in [-0.2, -0.15) is 0 Å². The second-order valence-corrected chi connectivity index (χ2v) is 14.9. The zero-order valence-corrected chi connectivity index (χ0v) is 34.3. The van der Waals surface area contributed by atoms with Gasteiger partial charge in [0.25, 0.3) is 0 Å². The number of carboxylic acids is 1. The second kappa shape index (κ2) is 26.1. The van der Waals surface area contributed by atoms with Gasteiger partial charge in [-0.1, -0.05) is 54.4 Å². The van der Waals surface area contributed by atoms with E-state index in [0.29, 0.717) is 32.2 Å². The normalized spacial score (nSPS) is 15.9. The standard InChI is InChI=1S/C36H66N10O11/c1-9-19(6)28(36(56)57)45-35(55)29(21(8)47)46-34(54)27(18(4)5)44-33(53)26(17(2)3)43-32(52)23(13-14-24(39)48)42-25(49)16-40-30(50)20(7)41-31(51)22(38)12-10-11-15-37/h17-23,26-29,47H,9-16,37-38H2,1-8H3,(H2,39,48)(H,40,50)(H,41,51)(H,42,49)(H,43,52)(H,44,53)(H,45,55)(H,46,54)(H,56,57)/t19-,20-,21+,22-,23-,26-,27-,28-,29-/m0/s1. The third kappa shape index (κ3) is 19.2. The largest absolute Gasteiger partial charge is 0.480 e. The number of carbonyl (C=O) groups excluding carboxylic acids is 8. The third-order valence-electron chi connectivity index (χ3n) is 9.15. The van der Waals surface area contributed by atoms with Crippen molar-refractivity contribution >= 4 is 53.2 Å². The zero-order valence-electron chi connectivity index (χ0n) is 34.3. The summed E-state index contributed by atoms with van der Waals surface area (Å²) < 4.78 is 0. The topological polar surface area (TPSA) is 356 Å². The number of carbonyl (C=O) groups is 9. The molecule has 57 heavy (non-hydrogen) atoms. The fourth-order valence-electron chi connectivity index (χ4n) is 5.29. The van der Waals surface area contributed by atoms with E-state index in [1.807, 2.05) is 0 Å². The van der Waals surface area contributed by atoms with Gasteiger partial charge < -0.3 is 64.6 Å². The van der Waals surface area contributed by atoms with Crippen molar-refractivity contribution in [2.45, 2.75) is 142 Å². The molecule has 0 bridgehead atoms. The van der Waals surface area contributed by atoms with Gasteiger partial charge in [0.15, 0.2) is 0 Å². The lowest BCUT2D eigenvalue weighted by molar-refractivity contribution is -0.144. The van der Waals surface area contributed by atoms with Gasteiger partial charge >= 0.3 is 5.97 Å². The molecule has 21 nitrogen and oxygen atoms in total. The van der Waals surface area contributed by atoms with Crippen LogP contribution in [-0.2, 0) is 43.2 Å². The number of rotatable bonds is 27. The van der Waals surface area contributed by atoms with Crippen molar-refractivity contribution in [1.82, 2.24) is 37.2 Å². The van der Waals surface area contributed by atoms with Crippen LogP contribution in [0.25, 0.3) is 0 Å². The van der Waals surface area contributed by atoms with Crippen LogP contribution in [0.5, 0.6) is 0 Å². The monoisotopic (exact) mass is 814 g/mol. The van der Waals surface area contributed by atoms with Crippen molar-refractivity contribution in [1.29, 1.82) is 0 Å². The van der Waals surface area contributed by atoms with E-state index < -0.39 is 126 Å². The molecular weight excluding hydrogens is 748 g/mol. The summed E-state index contributed by atoms with van der Waals surface area (Å²) in [6.45, 7) is 12.2. The number of nitrogens with two attached hydrogens (primary N) is 3. The number of hydrogen-bond acceptors (Lipinski definition) is 12. The number of amides is 8. The smallest absolute Gasteiger partial charge is 0.326 e. The summed E-state index contributed by atoms with van der Waals surface area (Å²) in [5.74, 6) is -9.40. The van der Waals surface area contributed by atoms with E-state index >= 15 is 0 Å². The van der Waals surface area contributed by atoms with E-state index in [1.165, 1.54) is 13.8 Å². The summed E-state index contributed by atoms with van der Waals surface area (Å²) in [5, 5.41) is 36.9. The molecule has 0 spiro atoms. The number of hydrogen-bond donors (Lipinski definition) is 12. The Kier molecular flexibility index (Phi) is 23.9. The predicted molar refractivity (Wildman–Crippen MR) is 208 cm³/mol. The van der Waals surface area contributed by atoms with Gasteiger partial charge in [-0.3, -0.25) is 38.4 Å². The second-order valence-electron chi connectivity index (χ2n) is 14.9. The van der Waals surface area contributed by atoms with Crippen LogP contribution in [0, 0.1) is 17.8 Å². The molecule has 0 aliphatic heterocycles. The maximum Gasteiger partial charge on any atom is 0.326 e. The molecule has 0 unspecified atom stereocenters. The van der Waals surface area contributed by atoms with Crippen LogP contribution in [0.15, 0.2) is 0 Å². The Labute approximate surface area is 333 Å². The molecule has 0 aliphatic rings. The van der Waals surface area contributed by atoms with Crippen LogP contribution in [0.1, 0.15) is 93.9 Å². The van der Waals surface area contributed by atoms with E-state index in [4.69, 9.17) is 17.2 Å². The Morgan fingerprint density at radius 3 is 1.56 bits per heavy atom. The van der Waals surface area contributed by atoms with Crippen LogP contribution >= 0.6 is 0 Å². The summed E-state index contributed by atoms with van der Waals surface area (Å²) >= 11 is 0. The number of aliphatic hydroxyl groups excluding tert-OH is 1. The highest BCUT2D eigenvalue weighted by molar-refractivity contribution is 5.97. The molecule has 0 aromatic carbocycles. The SMILES string of the molecule is CC[C@H](C)[C@H](NC(=O)[C@@H](NC(=O)[C@@H](NC(=O)[C@@H](NC(=O)[C@H](CCC(N)=O)NC(=O)CNC(=O)[C@H](C)NC(=O)[C@@H](N)CCCCN)C(C)C)C(C)C)[C@@H](C)O)C(=O)O. The number of unbranched alkanes of at least 4 members (excludes halogenated alkanes) is 1. The molecule has 9 atom stereocenters. The van der Waals surface area contributed by atoms with Crippen molar-refractivity contribution in [2.75, 3.05) is 13.1 Å². The molecule has 0 aromatic heterocycles. The fraction of sp³-hybridized carbons (Fsp3) is 0.750. The van der Waals surface area contributed by atoms with Gasteiger partial charge in [0, 0.05) is 6.42 Å². The highest BCUT2D eigenvalue weighted by Crippen LogP contribution is 2.11. The van der Waals surface area contributed by atoms with Crippen molar-refractivity contribution in [2.24, 2.45) is 35.0 Å². The molecule has 0 aliphatic carbocycles. The molecule has 326 valence electrons. The zero-order chi connectivity index (χ0) is 44.2. The van der Waals surface area contributed by atoms with Crippen molar-refractivity contribution in [3.05, 3.63) is 0 Å². The number of nitrogens with one attached hydrogen (secondary N) is 7. The first-order valence-electron chi connectivity index (χ1n) is 19.2. The minimum atomic E-state index is -1.58. The first-order chi connectivity index (χ1) is 26.5. The summed E-state index contributed by atoms with van der Waals surface area (Å²) in [6.07, 6.45) is 0.0139. The van der Waals surface area contributed by atoms with E-state index in [9.17, 15) is 53.4 Å². The highest BCUT2D eigenvalue weighted by Gasteiger charge is 2.36. The molecule has 8 amide bonds. The molecule has 0 radical (unpaired) electrons. The van der Waals surface area contributed by atoms with Crippen LogP contribution in [0.3, 0.4) is 0 Å². The lowest BCUT2D eigenvalue weighted by Crippen LogP contribution is -2.62. The Morgan fingerprint density at radius 2 is 1.11 bits per heavy atom. The van der Waals surface area contributed by atoms with Crippen molar-refractivity contribution in [3.8, 4) is 0 Å². The number of aliphatic carboxylic acids is 1. The van der Waals surface area contributed by atoms with Gasteiger partial charge in [-0.15, -0.1) is 0 Å². The van der Waals surface area contributed by atoms with Gasteiger partial charge in [-0.25, -0.2) is 4.79 Å². The maximum atomic E-state index is 13.6.